The van der Waals surface area contributed by atoms with E-state index < -0.39 is 35.7 Å². The van der Waals surface area contributed by atoms with Gasteiger partial charge in [-0.05, 0) is 41.5 Å². The normalized spacial score (nSPS) is 23.5. The molecular formula is C31H36F3N3O3S2. The summed E-state index contributed by atoms with van der Waals surface area (Å²) in [5, 5.41) is 15.4. The number of aliphatic hydroxyl groups is 1. The van der Waals surface area contributed by atoms with Gasteiger partial charge in [0.15, 0.2) is 10.6 Å². The number of carbonyl (C=O) groups is 1. The molecule has 226 valence electrons. The Bertz CT molecular complexity index is 1470. The van der Waals surface area contributed by atoms with Crippen LogP contribution in [0.25, 0.3) is 21.2 Å². The minimum atomic E-state index is -4.64. The van der Waals surface area contributed by atoms with Gasteiger partial charge in [-0.2, -0.15) is 13.2 Å². The average Bonchev–Trinajstić information content (AvgIpc) is 3.37. The molecule has 1 saturated carbocycles. The Morgan fingerprint density at radius 2 is 1.74 bits per heavy atom. The molecular weight excluding hydrogens is 583 g/mol. The van der Waals surface area contributed by atoms with Gasteiger partial charge in [-0.15, -0.1) is 11.3 Å². The zero-order valence-electron chi connectivity index (χ0n) is 23.4. The van der Waals surface area contributed by atoms with Crippen molar-refractivity contribution in [1.82, 2.24) is 15.2 Å². The number of hydrogen-bond acceptors (Lipinski definition) is 6. The summed E-state index contributed by atoms with van der Waals surface area (Å²) in [5.74, 6) is 1.54. The highest BCUT2D eigenvalue weighted by molar-refractivity contribution is 7.85. The summed E-state index contributed by atoms with van der Waals surface area (Å²) >= 11 is 1.40. The lowest BCUT2D eigenvalue weighted by Gasteiger charge is -2.47. The van der Waals surface area contributed by atoms with E-state index in [1.54, 1.807) is 4.90 Å². The van der Waals surface area contributed by atoms with Crippen molar-refractivity contribution in [3.05, 3.63) is 52.7 Å². The maximum Gasteiger partial charge on any atom is 0.419 e. The van der Waals surface area contributed by atoms with Crippen LogP contribution >= 0.6 is 11.3 Å². The standard InChI is InChI=1S/C31H36F3N3O3S2/c32-31(33,34)30(39)18-37(19-30)17-21-10-11-25(24-9-5-4-8-23(21)24)27-26(16-20-6-2-1-3-7-20)36-29(41-27)28(38)35-22-12-14-42(40)15-13-22/h4-5,8-11,20,22,39H,1-3,6-7,12-19H2,(H,35,38). The number of likely N-dealkylation sites (tertiary alicyclic amines) is 1. The monoisotopic (exact) mass is 619 g/mol. The lowest BCUT2D eigenvalue weighted by atomic mass is 9.85. The largest absolute Gasteiger partial charge is 0.419 e. The van der Waals surface area contributed by atoms with E-state index in [0.29, 0.717) is 41.8 Å². The first-order valence-electron chi connectivity index (χ1n) is 14.8. The molecule has 11 heteroatoms. The summed E-state index contributed by atoms with van der Waals surface area (Å²) in [6.45, 7) is -0.582. The molecule has 6 nitrogen and oxygen atoms in total. The number of amides is 1. The first-order chi connectivity index (χ1) is 20.1. The zero-order valence-corrected chi connectivity index (χ0v) is 25.1. The molecule has 0 radical (unpaired) electrons. The van der Waals surface area contributed by atoms with Gasteiger partial charge in [0.2, 0.25) is 0 Å². The van der Waals surface area contributed by atoms with Crippen molar-refractivity contribution < 1.29 is 27.3 Å². The third-order valence-electron chi connectivity index (χ3n) is 8.97. The van der Waals surface area contributed by atoms with Crippen LogP contribution in [0, 0.1) is 5.92 Å². The second-order valence-corrected chi connectivity index (χ2v) is 14.8. The van der Waals surface area contributed by atoms with E-state index in [9.17, 15) is 27.3 Å². The van der Waals surface area contributed by atoms with Crippen molar-refractivity contribution in [3.8, 4) is 10.4 Å². The molecule has 0 unspecified atom stereocenters. The zero-order chi connectivity index (χ0) is 29.5. The molecule has 0 bridgehead atoms. The van der Waals surface area contributed by atoms with Gasteiger partial charge in [0, 0.05) is 53.5 Å². The number of alkyl halides is 3. The fourth-order valence-corrected chi connectivity index (χ4v) is 8.90. The number of halogens is 3. The smallest absolute Gasteiger partial charge is 0.378 e. The summed E-state index contributed by atoms with van der Waals surface area (Å²) in [4.78, 5) is 20.8. The molecule has 0 spiro atoms. The number of rotatable bonds is 7. The van der Waals surface area contributed by atoms with Crippen LogP contribution < -0.4 is 5.32 Å². The molecule has 2 aromatic carbocycles. The number of nitrogens with zero attached hydrogens (tertiary/aromatic N) is 2. The first kappa shape index (κ1) is 29.7. The average molecular weight is 620 g/mol. The van der Waals surface area contributed by atoms with E-state index in [1.165, 1.54) is 30.6 Å². The van der Waals surface area contributed by atoms with E-state index in [0.717, 1.165) is 51.7 Å². The fraction of sp³-hybridized carbons (Fsp3) is 0.548. The minimum absolute atomic E-state index is 0.000895. The van der Waals surface area contributed by atoms with Crippen LogP contribution in [0.5, 0.6) is 0 Å². The van der Waals surface area contributed by atoms with E-state index in [1.807, 2.05) is 36.4 Å². The molecule has 1 aliphatic carbocycles. The van der Waals surface area contributed by atoms with Crippen LogP contribution in [0.15, 0.2) is 36.4 Å². The van der Waals surface area contributed by atoms with Gasteiger partial charge in [-0.25, -0.2) is 4.98 Å². The van der Waals surface area contributed by atoms with Crippen molar-refractivity contribution in [1.29, 1.82) is 0 Å². The second kappa shape index (κ2) is 12.0. The van der Waals surface area contributed by atoms with Crippen molar-refractivity contribution in [2.24, 2.45) is 5.92 Å². The van der Waals surface area contributed by atoms with Crippen molar-refractivity contribution >= 4 is 38.8 Å². The lowest BCUT2D eigenvalue weighted by Crippen LogP contribution is -2.68. The van der Waals surface area contributed by atoms with E-state index in [2.05, 4.69) is 5.32 Å². The number of benzene rings is 2. The highest BCUT2D eigenvalue weighted by Gasteiger charge is 2.60. The lowest BCUT2D eigenvalue weighted by molar-refractivity contribution is -0.302. The number of β-amino-alcohol motifs (C(OH)–C–C–N with tert-alkyl or cyclic N) is 1. The molecule has 0 atom stereocenters. The minimum Gasteiger partial charge on any atom is -0.378 e. The Hall–Kier alpha value is -2.34. The third-order valence-corrected chi connectivity index (χ3v) is 11.5. The van der Waals surface area contributed by atoms with Crippen LogP contribution in [0.4, 0.5) is 13.2 Å². The first-order valence-corrected chi connectivity index (χ1v) is 17.1. The Balaban J connectivity index is 1.30. The van der Waals surface area contributed by atoms with E-state index in [4.69, 9.17) is 4.98 Å². The van der Waals surface area contributed by atoms with Crippen LogP contribution in [0.1, 0.15) is 66.0 Å². The molecule has 3 heterocycles. The van der Waals surface area contributed by atoms with E-state index >= 15 is 0 Å². The van der Waals surface area contributed by atoms with Crippen LogP contribution in [0.2, 0.25) is 0 Å². The fourth-order valence-electron chi connectivity index (χ4n) is 6.57. The third kappa shape index (κ3) is 6.16. The molecule has 3 aliphatic rings. The van der Waals surface area contributed by atoms with Crippen LogP contribution in [-0.2, 0) is 23.8 Å². The topological polar surface area (TPSA) is 82.5 Å². The quantitative estimate of drug-likeness (QED) is 0.348. The Labute approximate surface area is 250 Å². The maximum atomic E-state index is 13.3. The highest BCUT2D eigenvalue weighted by Crippen LogP contribution is 2.41. The maximum absolute atomic E-state index is 13.3. The highest BCUT2D eigenvalue weighted by atomic mass is 32.2. The molecule has 2 aliphatic heterocycles. The van der Waals surface area contributed by atoms with Gasteiger partial charge in [0.05, 0.1) is 10.6 Å². The second-order valence-electron chi connectivity index (χ2n) is 12.1. The van der Waals surface area contributed by atoms with Crippen molar-refractivity contribution in [2.75, 3.05) is 24.6 Å². The van der Waals surface area contributed by atoms with Gasteiger partial charge >= 0.3 is 6.18 Å². The summed E-state index contributed by atoms with van der Waals surface area (Å²) in [6, 6.07) is 11.8. The molecule has 1 amide bonds. The molecule has 2 N–H and O–H groups in total. The Morgan fingerprint density at radius 1 is 1.05 bits per heavy atom. The molecule has 42 heavy (non-hydrogen) atoms. The molecule has 1 aromatic heterocycles. The number of aromatic nitrogens is 1. The van der Waals surface area contributed by atoms with Gasteiger partial charge in [-0.3, -0.25) is 13.9 Å². The van der Waals surface area contributed by atoms with E-state index in [-0.39, 0.29) is 11.9 Å². The van der Waals surface area contributed by atoms with Gasteiger partial charge in [0.25, 0.3) is 5.91 Å². The van der Waals surface area contributed by atoms with Crippen molar-refractivity contribution in [3.63, 3.8) is 0 Å². The summed E-state index contributed by atoms with van der Waals surface area (Å²) in [6.07, 6.45) is 3.54. The van der Waals surface area contributed by atoms with Gasteiger partial charge in [0.1, 0.15) is 0 Å². The summed E-state index contributed by atoms with van der Waals surface area (Å²) < 4.78 is 51.3. The number of hydrogen-bond donors (Lipinski definition) is 2. The van der Waals surface area contributed by atoms with Crippen LogP contribution in [0.3, 0.4) is 0 Å². The predicted molar refractivity (Wildman–Crippen MR) is 160 cm³/mol. The predicted octanol–water partition coefficient (Wildman–Crippen LogP) is 5.84. The number of nitrogens with one attached hydrogen (secondary N) is 1. The molecule has 3 fully saturated rings. The summed E-state index contributed by atoms with van der Waals surface area (Å²) in [5.41, 5.74) is 0.146. The molecule has 2 saturated heterocycles. The molecule has 6 rings (SSSR count). The van der Waals surface area contributed by atoms with Crippen LogP contribution in [-0.4, -0.2) is 67.5 Å². The van der Waals surface area contributed by atoms with Gasteiger partial charge < -0.3 is 10.4 Å². The number of carbonyl (C=O) groups excluding carboxylic acids is 1. The SMILES string of the molecule is O=C(NC1CCS(=O)CC1)c1nc(CC2CCCCC2)c(-c2ccc(CN3CC(O)(C(F)(F)F)C3)c3ccccc23)s1. The number of thiazole rings is 1. The Kier molecular flexibility index (Phi) is 8.48. The summed E-state index contributed by atoms with van der Waals surface area (Å²) in [7, 11) is -0.803. The van der Waals surface area contributed by atoms with Crippen molar-refractivity contribution in [2.45, 2.75) is 75.7 Å². The van der Waals surface area contributed by atoms with Gasteiger partial charge in [-0.1, -0.05) is 68.5 Å². The Morgan fingerprint density at radius 3 is 2.43 bits per heavy atom. The molecule has 3 aromatic rings. The number of fused-ring (bicyclic) bond motifs is 1.